The van der Waals surface area contributed by atoms with Gasteiger partial charge in [-0.15, -0.1) is 0 Å². The molecule has 110 valence electrons. The van der Waals surface area contributed by atoms with E-state index in [2.05, 4.69) is 4.74 Å². The fourth-order valence-corrected chi connectivity index (χ4v) is 4.65. The van der Waals surface area contributed by atoms with E-state index in [1.165, 1.54) is 7.11 Å². The second-order valence-corrected chi connectivity index (χ2v) is 7.92. The molecular weight excluding hydrogens is 300 g/mol. The van der Waals surface area contributed by atoms with Crippen LogP contribution in [0.5, 0.6) is 0 Å². The van der Waals surface area contributed by atoms with E-state index in [0.29, 0.717) is 10.6 Å². The molecule has 2 rings (SSSR count). The number of hydrogen-bond acceptors (Lipinski definition) is 4. The highest BCUT2D eigenvalue weighted by Crippen LogP contribution is 2.50. The molecule has 4 nitrogen and oxygen atoms in total. The van der Waals surface area contributed by atoms with Gasteiger partial charge in [0.25, 0.3) is 0 Å². The Morgan fingerprint density at radius 3 is 2.65 bits per heavy atom. The molecule has 0 saturated heterocycles. The van der Waals surface area contributed by atoms with Crippen molar-refractivity contribution < 1.29 is 17.9 Å². The molecule has 0 amide bonds. The lowest BCUT2D eigenvalue weighted by Crippen LogP contribution is -2.22. The van der Waals surface area contributed by atoms with Crippen LogP contribution in [-0.2, 0) is 25.1 Å². The van der Waals surface area contributed by atoms with Crippen molar-refractivity contribution in [2.45, 2.75) is 25.0 Å². The van der Waals surface area contributed by atoms with Gasteiger partial charge < -0.3 is 4.74 Å². The van der Waals surface area contributed by atoms with E-state index in [-0.39, 0.29) is 23.9 Å². The van der Waals surface area contributed by atoms with Crippen LogP contribution in [0.1, 0.15) is 24.8 Å². The van der Waals surface area contributed by atoms with Gasteiger partial charge in [0.2, 0.25) is 0 Å². The summed E-state index contributed by atoms with van der Waals surface area (Å²) in [4.78, 5) is 11.3. The van der Waals surface area contributed by atoms with Crippen LogP contribution in [0.4, 0.5) is 0 Å². The Bertz CT molecular complexity index is 605. The molecule has 0 N–H and O–H groups in total. The molecule has 1 aromatic carbocycles. The van der Waals surface area contributed by atoms with Crippen molar-refractivity contribution in [2.24, 2.45) is 5.41 Å². The number of carbonyl (C=O) groups excluding carboxylic acids is 1. The van der Waals surface area contributed by atoms with Crippen molar-refractivity contribution in [1.82, 2.24) is 0 Å². The number of benzene rings is 1. The topological polar surface area (TPSA) is 60.4 Å². The number of hydrogen-bond donors (Lipinski definition) is 0. The molecule has 1 saturated carbocycles. The number of sulfone groups is 1. The lowest BCUT2D eigenvalue weighted by Gasteiger charge is -2.14. The average molecular weight is 317 g/mol. The number of carbonyl (C=O) groups is 1. The molecule has 1 aromatic rings. The van der Waals surface area contributed by atoms with Gasteiger partial charge in [-0.05, 0) is 36.0 Å². The number of ether oxygens (including phenoxy) is 1. The van der Waals surface area contributed by atoms with Gasteiger partial charge in [-0.3, -0.25) is 4.79 Å². The second-order valence-electron chi connectivity index (χ2n) is 5.42. The molecule has 0 radical (unpaired) electrons. The van der Waals surface area contributed by atoms with Gasteiger partial charge in [0.15, 0.2) is 9.84 Å². The van der Waals surface area contributed by atoms with Crippen molar-refractivity contribution in [3.8, 4) is 0 Å². The predicted molar refractivity (Wildman–Crippen MR) is 77.2 cm³/mol. The highest BCUT2D eigenvalue weighted by atomic mass is 35.5. The SMILES string of the molecule is COC(=O)CC1(CS(=O)(=O)Cc2cccc(Cl)c2)CC1. The lowest BCUT2D eigenvalue weighted by atomic mass is 10.1. The van der Waals surface area contributed by atoms with Crippen molar-refractivity contribution in [1.29, 1.82) is 0 Å². The standard InChI is InChI=1S/C14H17ClO4S/c1-19-13(16)8-14(5-6-14)10-20(17,18)9-11-3-2-4-12(15)7-11/h2-4,7H,5-6,8-10H2,1H3. The first-order valence-electron chi connectivity index (χ1n) is 6.36. The summed E-state index contributed by atoms with van der Waals surface area (Å²) in [7, 11) is -1.95. The van der Waals surface area contributed by atoms with Crippen LogP contribution >= 0.6 is 11.6 Å². The van der Waals surface area contributed by atoms with E-state index < -0.39 is 15.3 Å². The first-order chi connectivity index (χ1) is 9.34. The van der Waals surface area contributed by atoms with Gasteiger partial charge in [-0.2, -0.15) is 0 Å². The molecule has 1 aliphatic carbocycles. The van der Waals surface area contributed by atoms with Crippen LogP contribution in [-0.4, -0.2) is 27.2 Å². The zero-order chi connectivity index (χ0) is 14.8. The molecule has 20 heavy (non-hydrogen) atoms. The minimum absolute atomic E-state index is 0.0294. The average Bonchev–Trinajstić information content (AvgIpc) is 3.06. The van der Waals surface area contributed by atoms with E-state index in [1.54, 1.807) is 24.3 Å². The molecule has 0 aromatic heterocycles. The van der Waals surface area contributed by atoms with Crippen molar-refractivity contribution in [3.63, 3.8) is 0 Å². The highest BCUT2D eigenvalue weighted by molar-refractivity contribution is 7.90. The zero-order valence-corrected chi connectivity index (χ0v) is 12.8. The van der Waals surface area contributed by atoms with Crippen LogP contribution in [0.25, 0.3) is 0 Å². The first-order valence-corrected chi connectivity index (χ1v) is 8.56. The van der Waals surface area contributed by atoms with Gasteiger partial charge >= 0.3 is 5.97 Å². The van der Waals surface area contributed by atoms with Gasteiger partial charge in [0, 0.05) is 5.02 Å². The second kappa shape index (κ2) is 5.74. The van der Waals surface area contributed by atoms with E-state index in [9.17, 15) is 13.2 Å². The Labute approximate surface area is 124 Å². The van der Waals surface area contributed by atoms with Crippen LogP contribution in [0.2, 0.25) is 5.02 Å². The quantitative estimate of drug-likeness (QED) is 0.757. The summed E-state index contributed by atoms with van der Waals surface area (Å²) in [5.41, 5.74) is 0.260. The molecule has 1 fully saturated rings. The normalized spacial score (nSPS) is 16.7. The van der Waals surface area contributed by atoms with E-state index >= 15 is 0 Å². The predicted octanol–water partition coefficient (Wildman–Crippen LogP) is 2.60. The van der Waals surface area contributed by atoms with E-state index in [1.807, 2.05) is 0 Å². The minimum atomic E-state index is -3.27. The third-order valence-electron chi connectivity index (χ3n) is 3.51. The summed E-state index contributed by atoms with van der Waals surface area (Å²) in [5, 5.41) is 0.522. The number of rotatable bonds is 6. The fourth-order valence-electron chi connectivity index (χ4n) is 2.33. The van der Waals surface area contributed by atoms with Crippen LogP contribution < -0.4 is 0 Å². The largest absolute Gasteiger partial charge is 0.469 e. The summed E-state index contributed by atoms with van der Waals surface area (Å²) in [5.74, 6) is -0.363. The Morgan fingerprint density at radius 1 is 1.40 bits per heavy atom. The molecule has 0 atom stereocenters. The Kier molecular flexibility index (Phi) is 4.39. The summed E-state index contributed by atoms with van der Waals surface area (Å²) in [6.45, 7) is 0. The first kappa shape index (κ1) is 15.3. The van der Waals surface area contributed by atoms with Crippen LogP contribution in [0, 0.1) is 5.41 Å². The highest BCUT2D eigenvalue weighted by Gasteiger charge is 2.47. The Morgan fingerprint density at radius 2 is 2.10 bits per heavy atom. The van der Waals surface area contributed by atoms with Gasteiger partial charge in [-0.1, -0.05) is 23.7 Å². The van der Waals surface area contributed by atoms with Gasteiger partial charge in [0.1, 0.15) is 0 Å². The van der Waals surface area contributed by atoms with E-state index in [0.717, 1.165) is 12.8 Å². The minimum Gasteiger partial charge on any atom is -0.469 e. The third-order valence-corrected chi connectivity index (χ3v) is 5.57. The molecular formula is C14H17ClO4S. The van der Waals surface area contributed by atoms with Crippen LogP contribution in [0.3, 0.4) is 0 Å². The molecule has 1 aliphatic rings. The van der Waals surface area contributed by atoms with Gasteiger partial charge in [-0.25, -0.2) is 8.42 Å². The number of esters is 1. The Balaban J connectivity index is 2.03. The molecule has 6 heteroatoms. The van der Waals surface area contributed by atoms with Crippen LogP contribution in [0.15, 0.2) is 24.3 Å². The molecule has 0 spiro atoms. The third kappa shape index (κ3) is 4.21. The monoisotopic (exact) mass is 316 g/mol. The maximum absolute atomic E-state index is 12.2. The van der Waals surface area contributed by atoms with Crippen molar-refractivity contribution >= 4 is 27.4 Å². The molecule has 0 aliphatic heterocycles. The van der Waals surface area contributed by atoms with Crippen molar-refractivity contribution in [2.75, 3.05) is 12.9 Å². The lowest BCUT2D eigenvalue weighted by molar-refractivity contribution is -0.141. The summed E-state index contributed by atoms with van der Waals surface area (Å²) in [6.07, 6.45) is 1.70. The van der Waals surface area contributed by atoms with Gasteiger partial charge in [0.05, 0.1) is 25.0 Å². The Hall–Kier alpha value is -1.07. The summed E-state index contributed by atoms with van der Waals surface area (Å²) < 4.78 is 29.1. The maximum atomic E-state index is 12.2. The number of halogens is 1. The fraction of sp³-hybridized carbons (Fsp3) is 0.500. The maximum Gasteiger partial charge on any atom is 0.306 e. The number of methoxy groups -OCH3 is 1. The smallest absolute Gasteiger partial charge is 0.306 e. The molecule has 0 heterocycles. The molecule has 0 bridgehead atoms. The molecule has 0 unspecified atom stereocenters. The van der Waals surface area contributed by atoms with E-state index in [4.69, 9.17) is 11.6 Å². The van der Waals surface area contributed by atoms with Crippen molar-refractivity contribution in [3.05, 3.63) is 34.9 Å². The summed E-state index contributed by atoms with van der Waals surface area (Å²) >= 11 is 5.85. The zero-order valence-electron chi connectivity index (χ0n) is 11.3. The summed E-state index contributed by atoms with van der Waals surface area (Å²) in [6, 6.07) is 6.83.